The van der Waals surface area contributed by atoms with Gasteiger partial charge >= 0.3 is 18.0 Å². The van der Waals surface area contributed by atoms with Crippen LogP contribution in [-0.2, 0) is 19.3 Å². The molecule has 4 rings (SSSR count). The molecule has 16 heteroatoms. The fourth-order valence-electron chi connectivity index (χ4n) is 3.88. The summed E-state index contributed by atoms with van der Waals surface area (Å²) in [6.07, 6.45) is -13.9. The molecule has 2 N–H and O–H groups in total. The molecule has 4 aromatic rings. The fourth-order valence-corrected chi connectivity index (χ4v) is 4.35. The van der Waals surface area contributed by atoms with E-state index in [1.807, 2.05) is 0 Å². The lowest BCUT2D eigenvalue weighted by atomic mass is 10.1. The number of hydrogen-bond donors (Lipinski definition) is 2. The van der Waals surface area contributed by atoms with Crippen LogP contribution in [-0.4, -0.2) is 46.4 Å². The maximum absolute atomic E-state index is 13.3. The molecule has 0 aliphatic heterocycles. The lowest BCUT2D eigenvalue weighted by Gasteiger charge is -2.16. The molecule has 0 fully saturated rings. The molecule has 1 unspecified atom stereocenters. The molecule has 0 radical (unpaired) electrons. The predicted molar refractivity (Wildman–Crippen MR) is 132 cm³/mol. The first kappa shape index (κ1) is 29.6. The van der Waals surface area contributed by atoms with Crippen molar-refractivity contribution in [2.24, 2.45) is 0 Å². The normalized spacial score (nSPS) is 14.0. The maximum atomic E-state index is 13.3. The van der Waals surface area contributed by atoms with Crippen LogP contribution in [0.2, 0.25) is 10.2 Å². The first-order chi connectivity index (χ1) is 18.6. The van der Waals surface area contributed by atoms with Crippen molar-refractivity contribution >= 4 is 23.2 Å². The molecule has 0 amide bonds. The summed E-state index contributed by atoms with van der Waals surface area (Å²) in [6.45, 7) is -0.415. The molecule has 2 atom stereocenters. The SMILES string of the molecule is C[C@H](O)c1nc(Cn2c(Cl)c(-c3ccc(Cl)cc3)n(CC(O)C(F)(F)F)c2=O)nn1-c1cccc(C(F)(F)F)c1. The molecule has 0 saturated carbocycles. The summed E-state index contributed by atoms with van der Waals surface area (Å²) in [6, 6.07) is 9.74. The Morgan fingerprint density at radius 2 is 1.62 bits per heavy atom. The monoisotopic (exact) mass is 609 g/mol. The van der Waals surface area contributed by atoms with Crippen LogP contribution in [0.3, 0.4) is 0 Å². The molecular weight excluding hydrogens is 591 g/mol. The Morgan fingerprint density at radius 3 is 2.20 bits per heavy atom. The van der Waals surface area contributed by atoms with E-state index >= 15 is 0 Å². The van der Waals surface area contributed by atoms with Crippen LogP contribution < -0.4 is 5.69 Å². The van der Waals surface area contributed by atoms with Gasteiger partial charge in [0.15, 0.2) is 17.8 Å². The molecule has 40 heavy (non-hydrogen) atoms. The summed E-state index contributed by atoms with van der Waals surface area (Å²) in [5, 5.41) is 24.0. The summed E-state index contributed by atoms with van der Waals surface area (Å²) >= 11 is 12.4. The molecule has 0 bridgehead atoms. The van der Waals surface area contributed by atoms with Crippen molar-refractivity contribution in [1.82, 2.24) is 23.9 Å². The van der Waals surface area contributed by atoms with Gasteiger partial charge in [-0.25, -0.2) is 14.5 Å². The van der Waals surface area contributed by atoms with E-state index in [-0.39, 0.29) is 33.7 Å². The van der Waals surface area contributed by atoms with Crippen LogP contribution in [0.1, 0.15) is 30.2 Å². The summed E-state index contributed by atoms with van der Waals surface area (Å²) in [4.78, 5) is 17.4. The van der Waals surface area contributed by atoms with E-state index in [0.29, 0.717) is 9.59 Å². The number of aromatic nitrogens is 5. The molecule has 2 heterocycles. The molecule has 8 nitrogen and oxygen atoms in total. The van der Waals surface area contributed by atoms with Crippen molar-refractivity contribution in [3.63, 3.8) is 0 Å². The number of aliphatic hydroxyl groups excluding tert-OH is 2. The highest BCUT2D eigenvalue weighted by atomic mass is 35.5. The van der Waals surface area contributed by atoms with Crippen molar-refractivity contribution in [2.75, 3.05) is 0 Å². The van der Waals surface area contributed by atoms with Gasteiger partial charge in [-0.05, 0) is 37.3 Å². The lowest BCUT2D eigenvalue weighted by molar-refractivity contribution is -0.207. The second-order valence-corrected chi connectivity index (χ2v) is 9.50. The van der Waals surface area contributed by atoms with Gasteiger partial charge in [-0.2, -0.15) is 26.3 Å². The third kappa shape index (κ3) is 6.04. The van der Waals surface area contributed by atoms with Gasteiger partial charge in [0.25, 0.3) is 0 Å². The van der Waals surface area contributed by atoms with Crippen LogP contribution in [0.4, 0.5) is 26.3 Å². The van der Waals surface area contributed by atoms with Gasteiger partial charge in [-0.1, -0.05) is 41.4 Å². The molecule has 2 aromatic heterocycles. The number of halogens is 8. The average molecular weight is 610 g/mol. The first-order valence-electron chi connectivity index (χ1n) is 11.4. The highest BCUT2D eigenvalue weighted by Gasteiger charge is 2.39. The Bertz CT molecular complexity index is 1580. The Hall–Kier alpha value is -3.33. The highest BCUT2D eigenvalue weighted by Crippen LogP contribution is 2.32. The van der Waals surface area contributed by atoms with E-state index in [9.17, 15) is 41.4 Å². The molecule has 214 valence electrons. The van der Waals surface area contributed by atoms with Gasteiger partial charge < -0.3 is 10.2 Å². The van der Waals surface area contributed by atoms with E-state index in [1.54, 1.807) is 0 Å². The van der Waals surface area contributed by atoms with Crippen molar-refractivity contribution < 1.29 is 36.6 Å². The van der Waals surface area contributed by atoms with Gasteiger partial charge in [-0.3, -0.25) is 9.13 Å². The number of nitrogens with zero attached hydrogens (tertiary/aromatic N) is 5. The van der Waals surface area contributed by atoms with Crippen molar-refractivity contribution in [3.8, 4) is 16.9 Å². The van der Waals surface area contributed by atoms with Gasteiger partial charge in [0.05, 0.1) is 30.0 Å². The zero-order valence-electron chi connectivity index (χ0n) is 20.3. The lowest BCUT2D eigenvalue weighted by Crippen LogP contribution is -2.37. The Kier molecular flexibility index (Phi) is 8.09. The quantitative estimate of drug-likeness (QED) is 0.279. The van der Waals surface area contributed by atoms with E-state index in [2.05, 4.69) is 10.1 Å². The topological polar surface area (TPSA) is 98.1 Å². The van der Waals surface area contributed by atoms with E-state index in [4.69, 9.17) is 23.2 Å². The number of benzene rings is 2. The van der Waals surface area contributed by atoms with Crippen molar-refractivity contribution in [2.45, 2.75) is 44.6 Å². The zero-order valence-corrected chi connectivity index (χ0v) is 21.8. The summed E-state index contributed by atoms with van der Waals surface area (Å²) in [5.74, 6) is -0.350. The van der Waals surface area contributed by atoms with E-state index in [1.165, 1.54) is 37.3 Å². The molecule has 0 saturated heterocycles. The second kappa shape index (κ2) is 10.9. The minimum absolute atomic E-state index is 0.0874. The third-order valence-electron chi connectivity index (χ3n) is 5.78. The largest absolute Gasteiger partial charge is 0.416 e. The van der Waals surface area contributed by atoms with Crippen molar-refractivity contribution in [3.05, 3.63) is 86.4 Å². The van der Waals surface area contributed by atoms with Gasteiger partial charge in [0.2, 0.25) is 0 Å². The Labute approximate surface area is 231 Å². The second-order valence-electron chi connectivity index (χ2n) is 8.71. The van der Waals surface area contributed by atoms with Crippen LogP contribution >= 0.6 is 23.2 Å². The third-order valence-corrected chi connectivity index (χ3v) is 6.42. The molecule has 0 aliphatic rings. The maximum Gasteiger partial charge on any atom is 0.416 e. The van der Waals surface area contributed by atoms with Crippen LogP contribution in [0, 0.1) is 0 Å². The number of alkyl halides is 6. The standard InChI is InChI=1S/C24H19Cl2F6N5O3/c1-12(38)21-33-18(34-37(21)16-4-2-3-14(9-16)23(27,28)29)11-36-20(26)19(13-5-7-15(25)8-6-13)35(22(36)40)10-17(39)24(30,31)32/h2-9,12,17,38-39H,10-11H2,1H3/t12-,17?/m0/s1. The minimum Gasteiger partial charge on any atom is -0.385 e. The molecule has 2 aromatic carbocycles. The number of imidazole rings is 1. The average Bonchev–Trinajstić information content (AvgIpc) is 3.39. The van der Waals surface area contributed by atoms with Crippen LogP contribution in [0.25, 0.3) is 16.9 Å². The zero-order chi connectivity index (χ0) is 29.6. The predicted octanol–water partition coefficient (Wildman–Crippen LogP) is 5.25. The van der Waals surface area contributed by atoms with Gasteiger partial charge in [0.1, 0.15) is 11.3 Å². The highest BCUT2D eigenvalue weighted by molar-refractivity contribution is 6.32. The van der Waals surface area contributed by atoms with Gasteiger partial charge in [0, 0.05) is 10.6 Å². The minimum atomic E-state index is -5.04. The van der Waals surface area contributed by atoms with E-state index < -0.39 is 48.9 Å². The first-order valence-corrected chi connectivity index (χ1v) is 12.1. The molecule has 0 spiro atoms. The van der Waals surface area contributed by atoms with Crippen LogP contribution in [0.15, 0.2) is 53.3 Å². The number of rotatable bonds is 7. The summed E-state index contributed by atoms with van der Waals surface area (Å²) < 4.78 is 81.6. The summed E-state index contributed by atoms with van der Waals surface area (Å²) in [7, 11) is 0. The number of aliphatic hydroxyl groups is 2. The fraction of sp³-hybridized carbons (Fsp3) is 0.292. The summed E-state index contributed by atoms with van der Waals surface area (Å²) in [5.41, 5.74) is -2.06. The Morgan fingerprint density at radius 1 is 0.975 bits per heavy atom. The van der Waals surface area contributed by atoms with Crippen LogP contribution in [0.5, 0.6) is 0 Å². The smallest absolute Gasteiger partial charge is 0.385 e. The number of hydrogen-bond acceptors (Lipinski definition) is 5. The molecule has 0 aliphatic carbocycles. The van der Waals surface area contributed by atoms with Gasteiger partial charge in [-0.15, -0.1) is 5.10 Å². The van der Waals surface area contributed by atoms with E-state index in [0.717, 1.165) is 27.4 Å². The Balaban J connectivity index is 1.82. The van der Waals surface area contributed by atoms with Crippen molar-refractivity contribution in [1.29, 1.82) is 0 Å². The molecular formula is C24H19Cl2F6N5O3.